The maximum absolute atomic E-state index is 11.0. The Labute approximate surface area is 117 Å². The van der Waals surface area contributed by atoms with E-state index in [0.29, 0.717) is 24.2 Å². The number of aryl methyl sites for hydroxylation is 1. The Hall–Kier alpha value is -2.43. The third-order valence-corrected chi connectivity index (χ3v) is 2.80. The number of ether oxygens (including phenoxy) is 1. The fourth-order valence-electron chi connectivity index (χ4n) is 1.76. The normalized spacial score (nSPS) is 10.3. The van der Waals surface area contributed by atoms with Gasteiger partial charge in [0, 0.05) is 0 Å². The zero-order valence-electron chi connectivity index (χ0n) is 11.7. The predicted octanol–water partition coefficient (Wildman–Crippen LogP) is 2.55. The van der Waals surface area contributed by atoms with Gasteiger partial charge in [0.1, 0.15) is 18.1 Å². The van der Waals surface area contributed by atoms with E-state index in [1.165, 1.54) is 5.56 Å². The zero-order chi connectivity index (χ0) is 14.5. The summed E-state index contributed by atoms with van der Waals surface area (Å²) in [6, 6.07) is 7.73. The van der Waals surface area contributed by atoms with E-state index in [1.54, 1.807) is 4.68 Å². The molecular weight excluding hydrogens is 254 g/mol. The molecule has 2 aromatic rings. The molecule has 0 amide bonds. The second-order valence-corrected chi connectivity index (χ2v) is 4.76. The van der Waals surface area contributed by atoms with Crippen LogP contribution in [0.2, 0.25) is 0 Å². The first-order valence-corrected chi connectivity index (χ1v) is 6.31. The summed E-state index contributed by atoms with van der Waals surface area (Å²) in [5.74, 6) is 0.746. The monoisotopic (exact) mass is 271 g/mol. The van der Waals surface area contributed by atoms with E-state index in [4.69, 9.17) is 4.74 Å². The lowest BCUT2D eigenvalue weighted by atomic mass is 10.2. The molecule has 0 radical (unpaired) electrons. The number of carbonyl (C=O) groups is 1. The van der Waals surface area contributed by atoms with Crippen molar-refractivity contribution < 1.29 is 9.53 Å². The Morgan fingerprint density at radius 3 is 2.70 bits per heavy atom. The molecule has 0 atom stereocenters. The van der Waals surface area contributed by atoms with Crippen LogP contribution in [-0.4, -0.2) is 21.3 Å². The largest absolute Gasteiger partial charge is 0.487 e. The molecule has 1 heterocycles. The van der Waals surface area contributed by atoms with Crippen LogP contribution in [-0.2, 0) is 13.2 Å². The number of benzene rings is 1. The molecule has 5 nitrogen and oxygen atoms in total. The van der Waals surface area contributed by atoms with Gasteiger partial charge >= 0.3 is 0 Å². The zero-order valence-corrected chi connectivity index (χ0v) is 11.7. The van der Waals surface area contributed by atoms with Gasteiger partial charge < -0.3 is 4.74 Å². The van der Waals surface area contributed by atoms with Crippen molar-refractivity contribution >= 4 is 6.29 Å². The van der Waals surface area contributed by atoms with Gasteiger partial charge in [0.15, 0.2) is 12.0 Å². The van der Waals surface area contributed by atoms with E-state index in [0.717, 1.165) is 11.3 Å². The fourth-order valence-corrected chi connectivity index (χ4v) is 1.76. The van der Waals surface area contributed by atoms with Crippen molar-refractivity contribution in [2.75, 3.05) is 0 Å². The van der Waals surface area contributed by atoms with Crippen LogP contribution in [0.25, 0.3) is 0 Å². The van der Waals surface area contributed by atoms with E-state index < -0.39 is 0 Å². The van der Waals surface area contributed by atoms with Gasteiger partial charge in [-0.25, -0.2) is 4.68 Å². The number of aldehydes is 1. The molecular formula is C15H17N3O2. The highest BCUT2D eigenvalue weighted by Crippen LogP contribution is 2.15. The lowest BCUT2D eigenvalue weighted by molar-refractivity contribution is 0.111. The summed E-state index contributed by atoms with van der Waals surface area (Å²) in [4.78, 5) is 11.0. The van der Waals surface area contributed by atoms with E-state index in [-0.39, 0.29) is 6.61 Å². The van der Waals surface area contributed by atoms with Crippen molar-refractivity contribution in [2.24, 2.45) is 0 Å². The van der Waals surface area contributed by atoms with Crippen LogP contribution in [0, 0.1) is 6.92 Å². The summed E-state index contributed by atoms with van der Waals surface area (Å²) >= 11 is 0. The highest BCUT2D eigenvalue weighted by molar-refractivity contribution is 5.73. The summed E-state index contributed by atoms with van der Waals surface area (Å²) in [5, 5.41) is 7.79. The first kappa shape index (κ1) is 14.0. The number of hydrogen-bond donors (Lipinski definition) is 0. The Balaban J connectivity index is 2.14. The van der Waals surface area contributed by atoms with Crippen molar-refractivity contribution in [1.29, 1.82) is 0 Å². The summed E-state index contributed by atoms with van der Waals surface area (Å²) in [6.07, 6.45) is 0.690. The average molecular weight is 271 g/mol. The minimum absolute atomic E-state index is 0.247. The van der Waals surface area contributed by atoms with Gasteiger partial charge in [-0.05, 0) is 26.0 Å². The van der Waals surface area contributed by atoms with Gasteiger partial charge in [0.2, 0.25) is 0 Å². The summed E-state index contributed by atoms with van der Waals surface area (Å²) in [7, 11) is 0. The number of carbonyl (C=O) groups excluding carboxylic acids is 1. The van der Waals surface area contributed by atoms with Crippen LogP contribution in [0.15, 0.2) is 36.4 Å². The van der Waals surface area contributed by atoms with Gasteiger partial charge in [-0.15, -0.1) is 5.10 Å². The molecule has 1 aromatic heterocycles. The SMILES string of the molecule is C=C(C)Cn1nnc(C=O)c1COc1ccc(C)cc1. The molecule has 0 aliphatic rings. The second kappa shape index (κ2) is 6.14. The number of allylic oxidation sites excluding steroid dienone is 1. The highest BCUT2D eigenvalue weighted by atomic mass is 16.5. The second-order valence-electron chi connectivity index (χ2n) is 4.76. The highest BCUT2D eigenvalue weighted by Gasteiger charge is 2.13. The molecule has 0 aliphatic carbocycles. The Kier molecular flexibility index (Phi) is 4.30. The molecule has 0 aliphatic heterocycles. The minimum atomic E-state index is 0.247. The first-order chi connectivity index (χ1) is 9.60. The van der Waals surface area contributed by atoms with Crippen molar-refractivity contribution in [2.45, 2.75) is 27.0 Å². The van der Waals surface area contributed by atoms with Gasteiger partial charge in [0.05, 0.1) is 6.54 Å². The minimum Gasteiger partial charge on any atom is -0.487 e. The fraction of sp³-hybridized carbons (Fsp3) is 0.267. The van der Waals surface area contributed by atoms with Crippen LogP contribution >= 0.6 is 0 Å². The molecule has 2 rings (SSSR count). The molecule has 0 unspecified atom stereocenters. The van der Waals surface area contributed by atoms with Gasteiger partial charge in [0.25, 0.3) is 0 Å². The molecule has 5 heteroatoms. The van der Waals surface area contributed by atoms with Crippen LogP contribution in [0.4, 0.5) is 0 Å². The Bertz CT molecular complexity index is 615. The lowest BCUT2D eigenvalue weighted by Crippen LogP contribution is -2.10. The van der Waals surface area contributed by atoms with Crippen LogP contribution in [0.1, 0.15) is 28.7 Å². The summed E-state index contributed by atoms with van der Waals surface area (Å²) in [5.41, 5.74) is 3.06. The van der Waals surface area contributed by atoms with Crippen molar-refractivity contribution in [3.63, 3.8) is 0 Å². The van der Waals surface area contributed by atoms with Crippen molar-refractivity contribution in [3.8, 4) is 5.75 Å². The molecule has 0 N–H and O–H groups in total. The molecule has 1 aromatic carbocycles. The van der Waals surface area contributed by atoms with Gasteiger partial charge in [-0.2, -0.15) is 0 Å². The third kappa shape index (κ3) is 3.32. The maximum atomic E-state index is 11.0. The predicted molar refractivity (Wildman–Crippen MR) is 75.7 cm³/mol. The van der Waals surface area contributed by atoms with E-state index in [1.807, 2.05) is 38.1 Å². The molecule has 20 heavy (non-hydrogen) atoms. The van der Waals surface area contributed by atoms with E-state index in [9.17, 15) is 4.79 Å². The first-order valence-electron chi connectivity index (χ1n) is 6.31. The maximum Gasteiger partial charge on any atom is 0.172 e. The van der Waals surface area contributed by atoms with Crippen LogP contribution in [0.3, 0.4) is 0 Å². The molecule has 0 spiro atoms. The number of rotatable bonds is 6. The topological polar surface area (TPSA) is 57.0 Å². The van der Waals surface area contributed by atoms with Crippen LogP contribution in [0.5, 0.6) is 5.75 Å². The van der Waals surface area contributed by atoms with E-state index in [2.05, 4.69) is 16.9 Å². The lowest BCUT2D eigenvalue weighted by Gasteiger charge is -2.09. The smallest absolute Gasteiger partial charge is 0.172 e. The standard InChI is InChI=1S/C15H17N3O2/c1-11(2)8-18-15(14(9-19)16-17-18)10-20-13-6-4-12(3)5-7-13/h4-7,9H,1,8,10H2,2-3H3. The van der Waals surface area contributed by atoms with E-state index >= 15 is 0 Å². The van der Waals surface area contributed by atoms with Crippen molar-refractivity contribution in [1.82, 2.24) is 15.0 Å². The molecule has 0 saturated heterocycles. The molecule has 0 fully saturated rings. The summed E-state index contributed by atoms with van der Waals surface area (Å²) < 4.78 is 7.32. The van der Waals surface area contributed by atoms with Crippen molar-refractivity contribution in [3.05, 3.63) is 53.4 Å². The van der Waals surface area contributed by atoms with Gasteiger partial charge in [-0.1, -0.05) is 35.1 Å². The molecule has 104 valence electrons. The van der Waals surface area contributed by atoms with Gasteiger partial charge in [-0.3, -0.25) is 4.79 Å². The number of hydrogen-bond acceptors (Lipinski definition) is 4. The molecule has 0 saturated carbocycles. The average Bonchev–Trinajstić information content (AvgIpc) is 2.79. The number of aromatic nitrogens is 3. The quantitative estimate of drug-likeness (QED) is 0.598. The third-order valence-electron chi connectivity index (χ3n) is 2.80. The Morgan fingerprint density at radius 2 is 2.10 bits per heavy atom. The number of nitrogens with zero attached hydrogens (tertiary/aromatic N) is 3. The van der Waals surface area contributed by atoms with Crippen LogP contribution < -0.4 is 4.74 Å². The molecule has 0 bridgehead atoms. The Morgan fingerprint density at radius 1 is 1.40 bits per heavy atom. The summed E-state index contributed by atoms with van der Waals surface area (Å²) in [6.45, 7) is 8.52.